The zero-order valence-electron chi connectivity index (χ0n) is 13.5. The fourth-order valence-electron chi connectivity index (χ4n) is 2.29. The van der Waals surface area contributed by atoms with E-state index in [0.29, 0.717) is 0 Å². The van der Waals surface area contributed by atoms with E-state index in [0.717, 1.165) is 5.56 Å². The van der Waals surface area contributed by atoms with Crippen LogP contribution in [0.1, 0.15) is 52.0 Å². The van der Waals surface area contributed by atoms with Crippen LogP contribution >= 0.6 is 0 Å². The molecule has 0 radical (unpaired) electrons. The van der Waals surface area contributed by atoms with E-state index in [4.69, 9.17) is 5.11 Å². The lowest BCUT2D eigenvalue weighted by Gasteiger charge is -2.34. The molecule has 1 aromatic carbocycles. The van der Waals surface area contributed by atoms with Gasteiger partial charge < -0.3 is 10.4 Å². The monoisotopic (exact) mass is 309 g/mol. The summed E-state index contributed by atoms with van der Waals surface area (Å²) in [6.45, 7) is 7.33. The molecule has 0 aliphatic carbocycles. The van der Waals surface area contributed by atoms with Crippen LogP contribution in [0.2, 0.25) is 0 Å². The van der Waals surface area contributed by atoms with Crippen LogP contribution in [0.3, 0.4) is 0 Å². The molecule has 1 aromatic rings. The summed E-state index contributed by atoms with van der Waals surface area (Å²) in [6.07, 6.45) is 0.0517. The third-order valence-electron chi connectivity index (χ3n) is 4.13. The number of amides is 1. The molecule has 0 spiro atoms. The van der Waals surface area contributed by atoms with Gasteiger partial charge in [0.05, 0.1) is 6.42 Å². The fraction of sp³-hybridized carbons (Fsp3) is 0.529. The number of rotatable bonds is 7. The number of carboxylic acid groups (broad SMARTS) is 1. The summed E-state index contributed by atoms with van der Waals surface area (Å²) >= 11 is 0. The van der Waals surface area contributed by atoms with Crippen molar-refractivity contribution in [3.8, 4) is 0 Å². The van der Waals surface area contributed by atoms with E-state index in [1.54, 1.807) is 19.1 Å². The van der Waals surface area contributed by atoms with Crippen molar-refractivity contribution in [2.24, 2.45) is 5.92 Å². The lowest BCUT2D eigenvalue weighted by Crippen LogP contribution is -2.51. The summed E-state index contributed by atoms with van der Waals surface area (Å²) in [5.74, 6) is -1.67. The summed E-state index contributed by atoms with van der Waals surface area (Å²) in [7, 11) is 0. The van der Waals surface area contributed by atoms with Gasteiger partial charge in [-0.3, -0.25) is 9.59 Å². The Labute approximate surface area is 130 Å². The molecule has 1 amide bonds. The molecule has 2 atom stereocenters. The number of hydrogen-bond acceptors (Lipinski definition) is 2. The number of carbonyl (C=O) groups excluding carboxylic acids is 1. The van der Waals surface area contributed by atoms with Crippen molar-refractivity contribution in [2.45, 2.75) is 52.0 Å². The normalized spacial score (nSPS) is 15.2. The van der Waals surface area contributed by atoms with Crippen molar-refractivity contribution in [2.75, 3.05) is 0 Å². The summed E-state index contributed by atoms with van der Waals surface area (Å²) < 4.78 is 13.2. The molecule has 22 heavy (non-hydrogen) atoms. The summed E-state index contributed by atoms with van der Waals surface area (Å²) in [5, 5.41) is 11.8. The first kappa shape index (κ1) is 18.1. The third kappa shape index (κ3) is 5.13. The van der Waals surface area contributed by atoms with Gasteiger partial charge in [0, 0.05) is 12.0 Å². The van der Waals surface area contributed by atoms with E-state index in [-0.39, 0.29) is 36.4 Å². The predicted molar refractivity (Wildman–Crippen MR) is 83.1 cm³/mol. The highest BCUT2D eigenvalue weighted by Crippen LogP contribution is 2.24. The Morgan fingerprint density at radius 2 is 1.95 bits per heavy atom. The van der Waals surface area contributed by atoms with Crippen molar-refractivity contribution in [3.63, 3.8) is 0 Å². The average Bonchev–Trinajstić information content (AvgIpc) is 2.37. The number of carbonyl (C=O) groups is 2. The van der Waals surface area contributed by atoms with Crippen molar-refractivity contribution < 1.29 is 19.1 Å². The highest BCUT2D eigenvalue weighted by Gasteiger charge is 2.33. The second-order valence-electron chi connectivity index (χ2n) is 6.35. The van der Waals surface area contributed by atoms with E-state index >= 15 is 0 Å². The highest BCUT2D eigenvalue weighted by atomic mass is 19.1. The van der Waals surface area contributed by atoms with Crippen molar-refractivity contribution in [1.29, 1.82) is 0 Å². The minimum absolute atomic E-state index is 0.0166. The van der Waals surface area contributed by atoms with Crippen LogP contribution in [0.4, 0.5) is 4.39 Å². The van der Waals surface area contributed by atoms with Crippen LogP contribution in [-0.4, -0.2) is 22.5 Å². The topological polar surface area (TPSA) is 66.4 Å². The average molecular weight is 309 g/mol. The van der Waals surface area contributed by atoms with Gasteiger partial charge in [-0.05, 0) is 36.5 Å². The lowest BCUT2D eigenvalue weighted by molar-refractivity contribution is -0.139. The van der Waals surface area contributed by atoms with E-state index in [1.165, 1.54) is 12.1 Å². The van der Waals surface area contributed by atoms with Crippen LogP contribution in [-0.2, 0) is 9.59 Å². The first-order valence-electron chi connectivity index (χ1n) is 7.42. The quantitative estimate of drug-likeness (QED) is 0.812. The highest BCUT2D eigenvalue weighted by molar-refractivity contribution is 5.79. The van der Waals surface area contributed by atoms with Gasteiger partial charge in [0.25, 0.3) is 0 Å². The minimum Gasteiger partial charge on any atom is -0.481 e. The second-order valence-corrected chi connectivity index (χ2v) is 6.35. The third-order valence-corrected chi connectivity index (χ3v) is 4.13. The molecule has 0 aliphatic rings. The SMILES string of the molecule is CC(CC(=O)NC(C)(CC(=O)O)C(C)C)c1cccc(F)c1. The first-order chi connectivity index (χ1) is 10.1. The molecule has 0 bridgehead atoms. The second kappa shape index (κ2) is 7.38. The molecule has 0 saturated carbocycles. The Hall–Kier alpha value is -1.91. The van der Waals surface area contributed by atoms with Gasteiger partial charge in [-0.1, -0.05) is 32.9 Å². The molecular weight excluding hydrogens is 285 g/mol. The Bertz CT molecular complexity index is 544. The molecule has 122 valence electrons. The maximum atomic E-state index is 13.2. The van der Waals surface area contributed by atoms with Crippen LogP contribution in [0.25, 0.3) is 0 Å². The molecule has 0 aliphatic heterocycles. The molecule has 2 N–H and O–H groups in total. The Kier molecular flexibility index (Phi) is 6.09. The van der Waals surface area contributed by atoms with Crippen LogP contribution in [0.5, 0.6) is 0 Å². The zero-order valence-corrected chi connectivity index (χ0v) is 13.5. The largest absolute Gasteiger partial charge is 0.481 e. The molecule has 1 rings (SSSR count). The van der Waals surface area contributed by atoms with Gasteiger partial charge in [0.15, 0.2) is 0 Å². The van der Waals surface area contributed by atoms with Gasteiger partial charge in [-0.15, -0.1) is 0 Å². The van der Waals surface area contributed by atoms with Gasteiger partial charge >= 0.3 is 5.97 Å². The number of hydrogen-bond donors (Lipinski definition) is 2. The van der Waals surface area contributed by atoms with Crippen molar-refractivity contribution in [1.82, 2.24) is 5.32 Å². The van der Waals surface area contributed by atoms with Crippen LogP contribution < -0.4 is 5.32 Å². The smallest absolute Gasteiger partial charge is 0.305 e. The molecule has 0 saturated heterocycles. The first-order valence-corrected chi connectivity index (χ1v) is 7.42. The molecular formula is C17H24FNO3. The molecule has 4 nitrogen and oxygen atoms in total. The van der Waals surface area contributed by atoms with E-state index < -0.39 is 11.5 Å². The Balaban J connectivity index is 2.73. The van der Waals surface area contributed by atoms with Crippen molar-refractivity contribution >= 4 is 11.9 Å². The fourth-order valence-corrected chi connectivity index (χ4v) is 2.29. The van der Waals surface area contributed by atoms with Gasteiger partial charge in [-0.25, -0.2) is 4.39 Å². The van der Waals surface area contributed by atoms with Crippen LogP contribution in [0, 0.1) is 11.7 Å². The number of carboxylic acids is 1. The predicted octanol–water partition coefficient (Wildman–Crippen LogP) is 3.32. The minimum atomic E-state index is -0.949. The van der Waals surface area contributed by atoms with E-state index in [1.807, 2.05) is 20.8 Å². The van der Waals surface area contributed by atoms with E-state index in [9.17, 15) is 14.0 Å². The Morgan fingerprint density at radius 3 is 2.45 bits per heavy atom. The van der Waals surface area contributed by atoms with E-state index in [2.05, 4.69) is 5.32 Å². The molecule has 0 fully saturated rings. The number of nitrogens with one attached hydrogen (secondary N) is 1. The summed E-state index contributed by atoms with van der Waals surface area (Å²) in [6, 6.07) is 6.16. The van der Waals surface area contributed by atoms with Crippen molar-refractivity contribution in [3.05, 3.63) is 35.6 Å². The van der Waals surface area contributed by atoms with Gasteiger partial charge in [0.1, 0.15) is 5.82 Å². The number of benzene rings is 1. The maximum Gasteiger partial charge on any atom is 0.305 e. The lowest BCUT2D eigenvalue weighted by atomic mass is 9.84. The molecule has 5 heteroatoms. The maximum absolute atomic E-state index is 13.2. The molecule has 0 aromatic heterocycles. The summed E-state index contributed by atoms with van der Waals surface area (Å²) in [5.41, 5.74) is -0.0514. The zero-order chi connectivity index (χ0) is 16.9. The number of halogens is 1. The molecule has 0 heterocycles. The Morgan fingerprint density at radius 1 is 1.32 bits per heavy atom. The van der Waals surface area contributed by atoms with Crippen LogP contribution in [0.15, 0.2) is 24.3 Å². The standard InChI is InChI=1S/C17H24FNO3/c1-11(2)17(4,10-16(21)22)19-15(20)8-12(3)13-6-5-7-14(18)9-13/h5-7,9,11-12H,8,10H2,1-4H3,(H,19,20)(H,21,22). The van der Waals surface area contributed by atoms with Gasteiger partial charge in [0.2, 0.25) is 5.91 Å². The summed E-state index contributed by atoms with van der Waals surface area (Å²) in [4.78, 5) is 23.2. The molecule has 2 unspecified atom stereocenters. The number of aliphatic carboxylic acids is 1. The van der Waals surface area contributed by atoms with Gasteiger partial charge in [-0.2, -0.15) is 0 Å².